The number of carbonyl (C=O) groups is 1. The zero-order chi connectivity index (χ0) is 25.6. The van der Waals surface area contributed by atoms with Crippen molar-refractivity contribution in [2.75, 3.05) is 26.2 Å². The van der Waals surface area contributed by atoms with Gasteiger partial charge in [-0.25, -0.2) is 18.4 Å². The average Bonchev–Trinajstić information content (AvgIpc) is 3.31. The van der Waals surface area contributed by atoms with E-state index in [4.69, 9.17) is 11.6 Å². The van der Waals surface area contributed by atoms with Crippen molar-refractivity contribution in [2.24, 2.45) is 0 Å². The van der Waals surface area contributed by atoms with E-state index in [0.29, 0.717) is 27.2 Å². The highest BCUT2D eigenvalue weighted by molar-refractivity contribution is 7.89. The van der Waals surface area contributed by atoms with Crippen LogP contribution in [0.5, 0.6) is 0 Å². The second kappa shape index (κ2) is 9.16. The fourth-order valence-corrected chi connectivity index (χ4v) is 5.87. The summed E-state index contributed by atoms with van der Waals surface area (Å²) < 4.78 is 28.4. The average molecular weight is 527 g/mol. The van der Waals surface area contributed by atoms with Crippen LogP contribution in [0.3, 0.4) is 0 Å². The van der Waals surface area contributed by atoms with E-state index in [1.807, 2.05) is 6.92 Å². The number of hydrogen-bond acceptors (Lipinski definition) is 6. The normalized spacial score (nSPS) is 14.9. The molecule has 3 aromatic heterocycles. The lowest BCUT2D eigenvalue weighted by atomic mass is 10.0. The summed E-state index contributed by atoms with van der Waals surface area (Å²) in [7, 11) is -3.76. The topological polar surface area (TPSA) is 126 Å². The van der Waals surface area contributed by atoms with E-state index in [0.717, 1.165) is 15.9 Å². The van der Waals surface area contributed by atoms with Crippen LogP contribution in [-0.4, -0.2) is 64.7 Å². The second-order valence-corrected chi connectivity index (χ2v) is 11.0. The quantitative estimate of drug-likeness (QED) is 0.322. The van der Waals surface area contributed by atoms with Crippen molar-refractivity contribution in [1.29, 1.82) is 0 Å². The van der Waals surface area contributed by atoms with Gasteiger partial charge in [-0.3, -0.25) is 4.79 Å². The van der Waals surface area contributed by atoms with Crippen LogP contribution in [0.4, 0.5) is 0 Å². The Morgan fingerprint density at radius 2 is 1.78 bits per heavy atom. The van der Waals surface area contributed by atoms with Gasteiger partial charge in [-0.05, 0) is 36.8 Å². The van der Waals surface area contributed by atoms with Gasteiger partial charge >= 0.3 is 0 Å². The number of piperazine rings is 1. The highest BCUT2D eigenvalue weighted by Gasteiger charge is 2.32. The minimum Gasteiger partial charge on any atom is -0.619 e. The van der Waals surface area contributed by atoms with Gasteiger partial charge in [0.2, 0.25) is 5.82 Å². The molecule has 5 rings (SSSR count). The van der Waals surface area contributed by atoms with Crippen molar-refractivity contribution in [3.63, 3.8) is 0 Å². The van der Waals surface area contributed by atoms with Crippen LogP contribution in [0, 0.1) is 19.1 Å². The molecule has 1 saturated heterocycles. The van der Waals surface area contributed by atoms with E-state index >= 15 is 0 Å². The molecule has 0 spiro atoms. The maximum Gasteiger partial charge on any atom is 0.291 e. The van der Waals surface area contributed by atoms with E-state index in [1.165, 1.54) is 10.5 Å². The molecule has 0 aliphatic carbocycles. The van der Waals surface area contributed by atoms with Crippen LogP contribution in [0.1, 0.15) is 21.9 Å². The Morgan fingerprint density at radius 3 is 2.47 bits per heavy atom. The molecule has 4 heterocycles. The molecule has 0 unspecified atom stereocenters. The van der Waals surface area contributed by atoms with Gasteiger partial charge in [0.25, 0.3) is 15.9 Å². The standard InChI is InChI=1S/C24H23ClN6O4S/c1-15-16(2)31(33)6-5-20(15)18-13-26-23(27-14-18)24(32)29-7-9-30(10-8-29)36(34,35)22-12-17-11-19(25)3-4-21(17)28-22/h3-6,11-14,28H,7-10H2,1-2H3. The number of aromatic nitrogens is 4. The molecule has 12 heteroatoms. The summed E-state index contributed by atoms with van der Waals surface area (Å²) in [5.74, 6) is -0.330. The molecule has 0 bridgehead atoms. The third kappa shape index (κ3) is 4.29. The summed E-state index contributed by atoms with van der Waals surface area (Å²) in [5, 5.41) is 13.1. The number of H-pyrrole nitrogens is 1. The Morgan fingerprint density at radius 1 is 1.08 bits per heavy atom. The van der Waals surface area contributed by atoms with Crippen LogP contribution in [0.15, 0.2) is 53.9 Å². The zero-order valence-corrected chi connectivity index (χ0v) is 21.2. The maximum absolute atomic E-state index is 13.1. The number of pyridine rings is 1. The number of carbonyl (C=O) groups excluding carboxylic acids is 1. The lowest BCUT2D eigenvalue weighted by Crippen LogP contribution is -2.50. The van der Waals surface area contributed by atoms with Crippen molar-refractivity contribution in [3.05, 3.63) is 76.2 Å². The molecule has 1 N–H and O–H groups in total. The highest BCUT2D eigenvalue weighted by atomic mass is 35.5. The molecule has 0 atom stereocenters. The SMILES string of the molecule is Cc1c(-c2cnc(C(=O)N3CCN(S(=O)(=O)c4cc5cc(Cl)ccc5[nH]4)CC3)nc2)cc[n+]([O-])c1C. The largest absolute Gasteiger partial charge is 0.619 e. The molecule has 1 fully saturated rings. The first kappa shape index (κ1) is 24.2. The maximum atomic E-state index is 13.1. The number of sulfonamides is 1. The van der Waals surface area contributed by atoms with Gasteiger partial charge < -0.3 is 15.1 Å². The third-order valence-electron chi connectivity index (χ3n) is 6.51. The Balaban J connectivity index is 1.27. The zero-order valence-electron chi connectivity index (χ0n) is 19.6. The summed E-state index contributed by atoms with van der Waals surface area (Å²) in [5.41, 5.74) is 3.59. The smallest absolute Gasteiger partial charge is 0.291 e. The number of nitrogens with one attached hydrogen (secondary N) is 1. The molecule has 1 aliphatic rings. The highest BCUT2D eigenvalue weighted by Crippen LogP contribution is 2.25. The molecule has 36 heavy (non-hydrogen) atoms. The minimum atomic E-state index is -3.76. The van der Waals surface area contributed by atoms with Gasteiger partial charge in [-0.2, -0.15) is 9.04 Å². The Kier molecular flexibility index (Phi) is 6.15. The number of halogens is 1. The van der Waals surface area contributed by atoms with Crippen LogP contribution < -0.4 is 4.73 Å². The van der Waals surface area contributed by atoms with E-state index in [1.54, 1.807) is 54.5 Å². The number of amides is 1. The first-order valence-corrected chi connectivity index (χ1v) is 13.1. The molecule has 0 saturated carbocycles. The molecule has 0 radical (unpaired) electrons. The number of fused-ring (bicyclic) bond motifs is 1. The Labute approximate surface area is 212 Å². The van der Waals surface area contributed by atoms with Crippen molar-refractivity contribution in [1.82, 2.24) is 24.2 Å². The van der Waals surface area contributed by atoms with Crippen molar-refractivity contribution in [2.45, 2.75) is 18.9 Å². The monoisotopic (exact) mass is 526 g/mol. The number of benzene rings is 1. The van der Waals surface area contributed by atoms with E-state index in [2.05, 4.69) is 15.0 Å². The molecule has 1 aromatic carbocycles. The number of rotatable bonds is 4. The predicted molar refractivity (Wildman–Crippen MR) is 134 cm³/mol. The van der Waals surface area contributed by atoms with Crippen molar-refractivity contribution >= 4 is 38.4 Å². The number of hydrogen-bond donors (Lipinski definition) is 1. The molecule has 10 nitrogen and oxygen atoms in total. The molecule has 1 aliphatic heterocycles. The van der Waals surface area contributed by atoms with Gasteiger partial charge in [0.1, 0.15) is 5.03 Å². The Hall–Kier alpha value is -3.54. The minimum absolute atomic E-state index is 0.0340. The lowest BCUT2D eigenvalue weighted by Gasteiger charge is -2.33. The number of nitrogens with zero attached hydrogens (tertiary/aromatic N) is 5. The first-order chi connectivity index (χ1) is 17.1. The summed E-state index contributed by atoms with van der Waals surface area (Å²) in [6, 6.07) is 8.39. The van der Waals surface area contributed by atoms with Crippen LogP contribution in [0.25, 0.3) is 22.0 Å². The molecule has 4 aromatic rings. The van der Waals surface area contributed by atoms with Gasteiger partial charge in [-0.1, -0.05) is 11.6 Å². The fourth-order valence-electron chi connectivity index (χ4n) is 4.26. The summed E-state index contributed by atoms with van der Waals surface area (Å²) in [6.07, 6.45) is 4.54. The lowest BCUT2D eigenvalue weighted by molar-refractivity contribution is -0.612. The van der Waals surface area contributed by atoms with Gasteiger partial charge in [-0.15, -0.1) is 0 Å². The fraction of sp³-hybridized carbons (Fsp3) is 0.250. The molecule has 1 amide bonds. The van der Waals surface area contributed by atoms with Crippen LogP contribution in [-0.2, 0) is 10.0 Å². The summed E-state index contributed by atoms with van der Waals surface area (Å²) in [4.78, 5) is 25.9. The van der Waals surface area contributed by atoms with Gasteiger partial charge in [0.15, 0.2) is 11.9 Å². The van der Waals surface area contributed by atoms with E-state index in [9.17, 15) is 18.4 Å². The third-order valence-corrected chi connectivity index (χ3v) is 8.57. The van der Waals surface area contributed by atoms with Crippen molar-refractivity contribution in [3.8, 4) is 11.1 Å². The predicted octanol–water partition coefficient (Wildman–Crippen LogP) is 2.68. The molecular formula is C24H23ClN6O4S. The van der Waals surface area contributed by atoms with Gasteiger partial charge in [0, 0.05) is 78.6 Å². The Bertz CT molecular complexity index is 1580. The summed E-state index contributed by atoms with van der Waals surface area (Å²) >= 11 is 6.01. The molecular weight excluding hydrogens is 504 g/mol. The van der Waals surface area contributed by atoms with E-state index in [-0.39, 0.29) is 42.9 Å². The second-order valence-electron chi connectivity index (χ2n) is 8.62. The van der Waals surface area contributed by atoms with Gasteiger partial charge in [0.05, 0.1) is 0 Å². The number of aromatic amines is 1. The van der Waals surface area contributed by atoms with Crippen LogP contribution in [0.2, 0.25) is 5.02 Å². The summed E-state index contributed by atoms with van der Waals surface area (Å²) in [6.45, 7) is 4.32. The van der Waals surface area contributed by atoms with Crippen molar-refractivity contribution < 1.29 is 17.9 Å². The first-order valence-electron chi connectivity index (χ1n) is 11.2. The van der Waals surface area contributed by atoms with Crippen LogP contribution >= 0.6 is 11.6 Å². The van der Waals surface area contributed by atoms with E-state index < -0.39 is 10.0 Å². The molecule has 186 valence electrons.